The normalized spacial score (nSPS) is 19.3. The average Bonchev–Trinajstić information content (AvgIpc) is 2.51. The quantitative estimate of drug-likeness (QED) is 0.592. The number of carbonyl (C=O) groups excluding carboxylic acids is 1. The summed E-state index contributed by atoms with van der Waals surface area (Å²) in [7, 11) is 1.80. The van der Waals surface area contributed by atoms with Crippen LogP contribution < -0.4 is 4.74 Å². The van der Waals surface area contributed by atoms with E-state index in [1.807, 2.05) is 24.3 Å². The fourth-order valence-electron chi connectivity index (χ4n) is 2.48. The third kappa shape index (κ3) is 4.21. The van der Waals surface area contributed by atoms with Gasteiger partial charge in [-0.2, -0.15) is 0 Å². The Hall–Kier alpha value is -1.55. The molecule has 1 aromatic carbocycles. The van der Waals surface area contributed by atoms with Crippen molar-refractivity contribution in [3.05, 3.63) is 29.8 Å². The topological polar surface area (TPSA) is 49.8 Å². The van der Waals surface area contributed by atoms with Crippen LogP contribution in [0.25, 0.3) is 0 Å². The molecule has 2 atom stereocenters. The number of unbranched alkanes of at least 4 members (excludes halogenated alkanes) is 2. The highest BCUT2D eigenvalue weighted by Gasteiger charge is 2.32. The van der Waals surface area contributed by atoms with Crippen molar-refractivity contribution in [1.29, 1.82) is 0 Å². The molecule has 1 N–H and O–H groups in total. The predicted molar refractivity (Wildman–Crippen MR) is 82.2 cm³/mol. The smallest absolute Gasteiger partial charge is 0.224 e. The van der Waals surface area contributed by atoms with Gasteiger partial charge < -0.3 is 14.7 Å². The summed E-state index contributed by atoms with van der Waals surface area (Å²) < 4.78 is 5.69. The molecule has 2 unspecified atom stereocenters. The van der Waals surface area contributed by atoms with E-state index in [2.05, 4.69) is 6.92 Å². The molecule has 1 heterocycles. The van der Waals surface area contributed by atoms with Gasteiger partial charge in [0.1, 0.15) is 12.4 Å². The maximum atomic E-state index is 11.1. The van der Waals surface area contributed by atoms with Gasteiger partial charge >= 0.3 is 0 Å². The van der Waals surface area contributed by atoms with E-state index in [1.54, 1.807) is 11.9 Å². The lowest BCUT2D eigenvalue weighted by molar-refractivity contribution is -0.144. The van der Waals surface area contributed by atoms with Crippen molar-refractivity contribution in [2.45, 2.75) is 51.2 Å². The first kappa shape index (κ1) is 15.8. The Morgan fingerprint density at radius 1 is 1.33 bits per heavy atom. The number of benzene rings is 1. The Balaban J connectivity index is 1.77. The number of likely N-dealkylation sites (tertiary alicyclic amines) is 1. The molecule has 4 heteroatoms. The number of hydrogen-bond donors (Lipinski definition) is 1. The fraction of sp³-hybridized carbons (Fsp3) is 0.588. The molecule has 116 valence electrons. The van der Waals surface area contributed by atoms with Crippen LogP contribution in [0.15, 0.2) is 24.3 Å². The van der Waals surface area contributed by atoms with Crippen molar-refractivity contribution in [3.63, 3.8) is 0 Å². The Kier molecular flexibility index (Phi) is 5.62. The molecule has 0 saturated carbocycles. The van der Waals surface area contributed by atoms with E-state index in [0.717, 1.165) is 37.0 Å². The molecule has 1 amide bonds. The number of carbonyl (C=O) groups is 1. The number of nitrogens with zero attached hydrogens (tertiary/aromatic N) is 1. The van der Waals surface area contributed by atoms with Gasteiger partial charge in [-0.1, -0.05) is 38.3 Å². The minimum absolute atomic E-state index is 0.175. The molecule has 0 radical (unpaired) electrons. The van der Waals surface area contributed by atoms with Crippen LogP contribution in [0, 0.1) is 0 Å². The van der Waals surface area contributed by atoms with Crippen molar-refractivity contribution in [3.8, 4) is 5.75 Å². The highest BCUT2D eigenvalue weighted by Crippen LogP contribution is 2.23. The molecular formula is C17H25NO3. The lowest BCUT2D eigenvalue weighted by Crippen LogP contribution is -2.52. The number of hydrogen-bond acceptors (Lipinski definition) is 3. The fourth-order valence-corrected chi connectivity index (χ4v) is 2.48. The number of ether oxygens (including phenoxy) is 1. The molecule has 1 saturated heterocycles. The molecule has 0 spiro atoms. The zero-order valence-corrected chi connectivity index (χ0v) is 12.9. The SMILES string of the molecule is CCCCCC(O)c1ccc(OCC2CC(=O)N2C)cc1. The number of rotatable bonds is 8. The van der Waals surface area contributed by atoms with Crippen molar-refractivity contribution >= 4 is 5.91 Å². The maximum Gasteiger partial charge on any atom is 0.224 e. The molecule has 1 aliphatic heterocycles. The Bertz CT molecular complexity index is 458. The van der Waals surface area contributed by atoms with E-state index < -0.39 is 0 Å². The minimum atomic E-state index is -0.388. The Morgan fingerprint density at radius 3 is 2.62 bits per heavy atom. The van der Waals surface area contributed by atoms with E-state index >= 15 is 0 Å². The number of likely N-dealkylation sites (N-methyl/N-ethyl adjacent to an activating group) is 1. The number of aliphatic hydroxyl groups is 1. The van der Waals surface area contributed by atoms with Crippen molar-refractivity contribution in [2.24, 2.45) is 0 Å². The Morgan fingerprint density at radius 2 is 2.05 bits per heavy atom. The highest BCUT2D eigenvalue weighted by atomic mass is 16.5. The minimum Gasteiger partial charge on any atom is -0.491 e. The van der Waals surface area contributed by atoms with Crippen molar-refractivity contribution in [2.75, 3.05) is 13.7 Å². The van der Waals surface area contributed by atoms with Gasteiger partial charge in [0, 0.05) is 7.05 Å². The Labute approximate surface area is 126 Å². The van der Waals surface area contributed by atoms with Crippen LogP contribution in [0.4, 0.5) is 0 Å². The first-order valence-electron chi connectivity index (χ1n) is 7.78. The molecule has 1 aromatic rings. The summed E-state index contributed by atoms with van der Waals surface area (Å²) in [5.74, 6) is 0.960. The molecule has 2 rings (SSSR count). The number of β-lactam (4-membered cyclic amide) rings is 1. The maximum absolute atomic E-state index is 11.1. The molecule has 4 nitrogen and oxygen atoms in total. The summed E-state index contributed by atoms with van der Waals surface area (Å²) >= 11 is 0. The number of aliphatic hydroxyl groups excluding tert-OH is 1. The van der Waals surface area contributed by atoms with Gasteiger partial charge in [-0.25, -0.2) is 0 Å². The number of amides is 1. The summed E-state index contributed by atoms with van der Waals surface area (Å²) in [5, 5.41) is 10.1. The first-order valence-corrected chi connectivity index (χ1v) is 7.78. The second-order valence-electron chi connectivity index (χ2n) is 5.75. The summed E-state index contributed by atoms with van der Waals surface area (Å²) in [6, 6.07) is 7.80. The van der Waals surface area contributed by atoms with Gasteiger partial charge in [-0.15, -0.1) is 0 Å². The van der Waals surface area contributed by atoms with Crippen LogP contribution in [0.5, 0.6) is 5.75 Å². The summed E-state index contributed by atoms with van der Waals surface area (Å²) in [6.45, 7) is 2.69. The molecule has 1 fully saturated rings. The van der Waals surface area contributed by atoms with E-state index in [1.165, 1.54) is 0 Å². The van der Waals surface area contributed by atoms with Crippen molar-refractivity contribution in [1.82, 2.24) is 4.90 Å². The van der Waals surface area contributed by atoms with Crippen LogP contribution in [0.2, 0.25) is 0 Å². The van der Waals surface area contributed by atoms with Crippen LogP contribution in [-0.2, 0) is 4.79 Å². The third-order valence-electron chi connectivity index (χ3n) is 4.14. The zero-order valence-electron chi connectivity index (χ0n) is 12.9. The van der Waals surface area contributed by atoms with E-state index in [0.29, 0.717) is 13.0 Å². The second kappa shape index (κ2) is 7.46. The van der Waals surface area contributed by atoms with Crippen LogP contribution in [0.1, 0.15) is 50.7 Å². The summed E-state index contributed by atoms with van der Waals surface area (Å²) in [6.07, 6.45) is 4.37. The van der Waals surface area contributed by atoms with Gasteiger partial charge in [0.25, 0.3) is 0 Å². The monoisotopic (exact) mass is 291 g/mol. The molecular weight excluding hydrogens is 266 g/mol. The zero-order chi connectivity index (χ0) is 15.2. The average molecular weight is 291 g/mol. The lowest BCUT2D eigenvalue weighted by Gasteiger charge is -2.36. The van der Waals surface area contributed by atoms with Gasteiger partial charge in [0.2, 0.25) is 5.91 Å². The summed E-state index contributed by atoms with van der Waals surface area (Å²) in [5.41, 5.74) is 0.939. The van der Waals surface area contributed by atoms with Gasteiger partial charge in [-0.05, 0) is 24.1 Å². The molecule has 21 heavy (non-hydrogen) atoms. The van der Waals surface area contributed by atoms with E-state index in [9.17, 15) is 9.90 Å². The largest absolute Gasteiger partial charge is 0.491 e. The van der Waals surface area contributed by atoms with Crippen LogP contribution >= 0.6 is 0 Å². The molecule has 0 aromatic heterocycles. The lowest BCUT2D eigenvalue weighted by atomic mass is 10.0. The van der Waals surface area contributed by atoms with Crippen LogP contribution in [-0.4, -0.2) is 35.6 Å². The standard InChI is InChI=1S/C17H25NO3/c1-3-4-5-6-16(19)13-7-9-15(10-8-13)21-12-14-11-17(20)18(14)2/h7-10,14,16,19H,3-6,11-12H2,1-2H3. The van der Waals surface area contributed by atoms with E-state index in [-0.39, 0.29) is 18.1 Å². The molecule has 1 aliphatic rings. The van der Waals surface area contributed by atoms with Crippen LogP contribution in [0.3, 0.4) is 0 Å². The third-order valence-corrected chi connectivity index (χ3v) is 4.14. The summed E-state index contributed by atoms with van der Waals surface area (Å²) in [4.78, 5) is 12.8. The second-order valence-corrected chi connectivity index (χ2v) is 5.75. The van der Waals surface area contributed by atoms with Gasteiger partial charge in [-0.3, -0.25) is 4.79 Å². The first-order chi connectivity index (χ1) is 10.1. The highest BCUT2D eigenvalue weighted by molar-refractivity contribution is 5.82. The van der Waals surface area contributed by atoms with Gasteiger partial charge in [0.15, 0.2) is 0 Å². The predicted octanol–water partition coefficient (Wildman–Crippen LogP) is 2.91. The van der Waals surface area contributed by atoms with E-state index in [4.69, 9.17) is 4.74 Å². The molecule has 0 aliphatic carbocycles. The van der Waals surface area contributed by atoms with Gasteiger partial charge in [0.05, 0.1) is 18.6 Å². The van der Waals surface area contributed by atoms with Crippen molar-refractivity contribution < 1.29 is 14.6 Å². The molecule has 0 bridgehead atoms.